The summed E-state index contributed by atoms with van der Waals surface area (Å²) < 4.78 is 5.33. The summed E-state index contributed by atoms with van der Waals surface area (Å²) >= 11 is 0. The molecule has 1 heterocycles. The zero-order valence-corrected chi connectivity index (χ0v) is 7.91. The molecule has 0 spiro atoms. The number of carbonyl (C=O) groups excluding carboxylic acids is 1. The number of benzene rings is 1. The first-order chi connectivity index (χ1) is 6.77. The van der Waals surface area contributed by atoms with Crippen LogP contribution < -0.4 is 5.32 Å². The number of para-hydroxylation sites is 1. The predicted molar refractivity (Wildman–Crippen MR) is 53.7 cm³/mol. The lowest BCUT2D eigenvalue weighted by molar-refractivity contribution is -0.119. The maximum atomic E-state index is 10.7. The van der Waals surface area contributed by atoms with E-state index in [0.717, 1.165) is 16.5 Å². The van der Waals surface area contributed by atoms with Crippen molar-refractivity contribution in [2.75, 3.05) is 0 Å². The monoisotopic (exact) mass is 189 g/mol. The van der Waals surface area contributed by atoms with Crippen molar-refractivity contribution < 1.29 is 9.21 Å². The lowest BCUT2D eigenvalue weighted by Crippen LogP contribution is -2.18. The lowest BCUT2D eigenvalue weighted by Gasteiger charge is -1.98. The first kappa shape index (κ1) is 8.81. The molecule has 0 aliphatic carbocycles. The molecule has 3 heteroatoms. The summed E-state index contributed by atoms with van der Waals surface area (Å²) in [7, 11) is 0. The van der Waals surface area contributed by atoms with Crippen LogP contribution >= 0.6 is 0 Å². The zero-order valence-electron chi connectivity index (χ0n) is 7.91. The van der Waals surface area contributed by atoms with Crippen molar-refractivity contribution in [1.29, 1.82) is 0 Å². The summed E-state index contributed by atoms with van der Waals surface area (Å²) in [4.78, 5) is 10.7. The third kappa shape index (κ3) is 1.62. The first-order valence-corrected chi connectivity index (χ1v) is 4.47. The molecular formula is C11H11NO2. The Kier molecular flexibility index (Phi) is 2.23. The minimum Gasteiger partial charge on any atom is -0.464 e. The van der Waals surface area contributed by atoms with Gasteiger partial charge in [0.1, 0.15) is 5.58 Å². The number of furan rings is 1. The van der Waals surface area contributed by atoms with Crippen molar-refractivity contribution >= 4 is 16.9 Å². The first-order valence-electron chi connectivity index (χ1n) is 4.47. The Labute approximate surface area is 81.7 Å². The minimum atomic E-state index is -0.0321. The minimum absolute atomic E-state index is 0.0321. The number of rotatable bonds is 2. The number of fused-ring (bicyclic) bond motifs is 1. The van der Waals surface area contributed by atoms with Gasteiger partial charge in [-0.2, -0.15) is 0 Å². The number of carbonyl (C=O) groups is 1. The number of hydrogen-bond acceptors (Lipinski definition) is 2. The van der Waals surface area contributed by atoms with E-state index >= 15 is 0 Å². The van der Waals surface area contributed by atoms with E-state index in [1.54, 1.807) is 6.26 Å². The molecule has 2 rings (SSSR count). The molecule has 0 aliphatic rings. The van der Waals surface area contributed by atoms with Crippen LogP contribution in [0.1, 0.15) is 12.5 Å². The van der Waals surface area contributed by atoms with Gasteiger partial charge in [-0.25, -0.2) is 0 Å². The molecule has 3 nitrogen and oxygen atoms in total. The Morgan fingerprint density at radius 3 is 3.00 bits per heavy atom. The normalized spacial score (nSPS) is 10.4. The molecule has 1 aromatic heterocycles. The maximum absolute atomic E-state index is 10.7. The fraction of sp³-hybridized carbons (Fsp3) is 0.182. The quantitative estimate of drug-likeness (QED) is 0.785. The van der Waals surface area contributed by atoms with E-state index in [-0.39, 0.29) is 5.91 Å². The second-order valence-electron chi connectivity index (χ2n) is 3.17. The van der Waals surface area contributed by atoms with Crippen LogP contribution in [0.5, 0.6) is 0 Å². The van der Waals surface area contributed by atoms with E-state index in [1.165, 1.54) is 6.92 Å². The molecule has 0 aliphatic heterocycles. The van der Waals surface area contributed by atoms with Crippen LogP contribution in [-0.4, -0.2) is 5.91 Å². The SMILES string of the molecule is CC(=O)NCc1coc2ccccc12. The highest BCUT2D eigenvalue weighted by Crippen LogP contribution is 2.20. The van der Waals surface area contributed by atoms with Gasteiger partial charge in [0, 0.05) is 24.4 Å². The van der Waals surface area contributed by atoms with Gasteiger partial charge in [0.05, 0.1) is 6.26 Å². The van der Waals surface area contributed by atoms with Crippen molar-refractivity contribution in [3.05, 3.63) is 36.1 Å². The third-order valence-corrected chi connectivity index (χ3v) is 2.09. The smallest absolute Gasteiger partial charge is 0.217 e. The summed E-state index contributed by atoms with van der Waals surface area (Å²) in [5.41, 5.74) is 1.86. The third-order valence-electron chi connectivity index (χ3n) is 2.09. The number of nitrogens with one attached hydrogen (secondary N) is 1. The van der Waals surface area contributed by atoms with E-state index in [4.69, 9.17) is 4.42 Å². The van der Waals surface area contributed by atoms with Gasteiger partial charge in [-0.1, -0.05) is 18.2 Å². The highest BCUT2D eigenvalue weighted by atomic mass is 16.3. The molecule has 72 valence electrons. The molecule has 1 N–H and O–H groups in total. The van der Waals surface area contributed by atoms with Gasteiger partial charge in [0.15, 0.2) is 0 Å². The molecule has 0 saturated heterocycles. The van der Waals surface area contributed by atoms with Crippen molar-refractivity contribution in [2.24, 2.45) is 0 Å². The highest BCUT2D eigenvalue weighted by molar-refractivity contribution is 5.81. The van der Waals surface area contributed by atoms with E-state index in [9.17, 15) is 4.79 Å². The van der Waals surface area contributed by atoms with Gasteiger partial charge < -0.3 is 9.73 Å². The van der Waals surface area contributed by atoms with E-state index in [2.05, 4.69) is 5.32 Å². The Morgan fingerprint density at radius 2 is 2.21 bits per heavy atom. The van der Waals surface area contributed by atoms with Crippen LogP contribution in [0.3, 0.4) is 0 Å². The molecule has 0 bridgehead atoms. The summed E-state index contributed by atoms with van der Waals surface area (Å²) in [6.07, 6.45) is 1.68. The van der Waals surface area contributed by atoms with Gasteiger partial charge in [-0.3, -0.25) is 4.79 Å². The average Bonchev–Trinajstić information content (AvgIpc) is 2.58. The summed E-state index contributed by atoms with van der Waals surface area (Å²) in [6.45, 7) is 2.02. The highest BCUT2D eigenvalue weighted by Gasteiger charge is 2.04. The molecule has 0 saturated carbocycles. The van der Waals surface area contributed by atoms with E-state index in [0.29, 0.717) is 6.54 Å². The van der Waals surface area contributed by atoms with Gasteiger partial charge in [-0.05, 0) is 6.07 Å². The van der Waals surface area contributed by atoms with Crippen molar-refractivity contribution in [3.8, 4) is 0 Å². The summed E-state index contributed by atoms with van der Waals surface area (Å²) in [5.74, 6) is -0.0321. The van der Waals surface area contributed by atoms with Crippen LogP contribution in [0.25, 0.3) is 11.0 Å². The number of hydrogen-bond donors (Lipinski definition) is 1. The lowest BCUT2D eigenvalue weighted by atomic mass is 10.2. The van der Waals surface area contributed by atoms with Crippen LogP contribution in [0, 0.1) is 0 Å². The Balaban J connectivity index is 2.29. The Morgan fingerprint density at radius 1 is 1.43 bits per heavy atom. The van der Waals surface area contributed by atoms with E-state index in [1.807, 2.05) is 24.3 Å². The molecule has 2 aromatic rings. The molecule has 0 atom stereocenters. The zero-order chi connectivity index (χ0) is 9.97. The molecule has 0 fully saturated rings. The second-order valence-corrected chi connectivity index (χ2v) is 3.17. The topological polar surface area (TPSA) is 42.2 Å². The number of amides is 1. The predicted octanol–water partition coefficient (Wildman–Crippen LogP) is 2.07. The average molecular weight is 189 g/mol. The van der Waals surface area contributed by atoms with Crippen LogP contribution in [0.2, 0.25) is 0 Å². The molecule has 0 radical (unpaired) electrons. The van der Waals surface area contributed by atoms with Crippen LogP contribution in [0.15, 0.2) is 34.9 Å². The van der Waals surface area contributed by atoms with Crippen molar-refractivity contribution in [1.82, 2.24) is 5.32 Å². The second kappa shape index (κ2) is 3.54. The Hall–Kier alpha value is -1.77. The molecule has 0 unspecified atom stereocenters. The fourth-order valence-electron chi connectivity index (χ4n) is 1.39. The van der Waals surface area contributed by atoms with Crippen molar-refractivity contribution in [2.45, 2.75) is 13.5 Å². The fourth-order valence-corrected chi connectivity index (χ4v) is 1.39. The summed E-state index contributed by atoms with van der Waals surface area (Å²) in [6, 6.07) is 7.77. The Bertz CT molecular complexity index is 459. The molecule has 1 amide bonds. The molecular weight excluding hydrogens is 178 g/mol. The maximum Gasteiger partial charge on any atom is 0.217 e. The summed E-state index contributed by atoms with van der Waals surface area (Å²) in [5, 5.41) is 3.80. The van der Waals surface area contributed by atoms with Crippen molar-refractivity contribution in [3.63, 3.8) is 0 Å². The van der Waals surface area contributed by atoms with Crippen LogP contribution in [-0.2, 0) is 11.3 Å². The largest absolute Gasteiger partial charge is 0.464 e. The molecule has 1 aromatic carbocycles. The van der Waals surface area contributed by atoms with Gasteiger partial charge in [-0.15, -0.1) is 0 Å². The standard InChI is InChI=1S/C11H11NO2/c1-8(13)12-6-9-7-14-11-5-3-2-4-10(9)11/h2-5,7H,6H2,1H3,(H,12,13). The van der Waals surface area contributed by atoms with Crippen LogP contribution in [0.4, 0.5) is 0 Å². The molecule has 14 heavy (non-hydrogen) atoms. The van der Waals surface area contributed by atoms with E-state index < -0.39 is 0 Å². The van der Waals surface area contributed by atoms with Gasteiger partial charge >= 0.3 is 0 Å². The van der Waals surface area contributed by atoms with Gasteiger partial charge in [0.2, 0.25) is 5.91 Å². The van der Waals surface area contributed by atoms with Gasteiger partial charge in [0.25, 0.3) is 0 Å².